The molecule has 2 heteroatoms. The van der Waals surface area contributed by atoms with Gasteiger partial charge in [0.05, 0.1) is 6.10 Å². The molecule has 2 nitrogen and oxygen atoms in total. The minimum atomic E-state index is 0.208. The van der Waals surface area contributed by atoms with E-state index in [1.807, 2.05) is 20.9 Å². The first-order valence-corrected chi connectivity index (χ1v) is 6.37. The zero-order chi connectivity index (χ0) is 12.9. The summed E-state index contributed by atoms with van der Waals surface area (Å²) in [6, 6.07) is 8.48. The molecule has 0 heterocycles. The summed E-state index contributed by atoms with van der Waals surface area (Å²) in [5, 5.41) is 3.21. The Hall–Kier alpha value is -1.02. The predicted molar refractivity (Wildman–Crippen MR) is 73.8 cm³/mol. The summed E-state index contributed by atoms with van der Waals surface area (Å²) >= 11 is 0. The Labute approximate surface area is 105 Å². The average Bonchev–Trinajstić information content (AvgIpc) is 2.26. The third-order valence-corrected chi connectivity index (χ3v) is 3.01. The van der Waals surface area contributed by atoms with Crippen molar-refractivity contribution in [3.8, 4) is 5.75 Å². The van der Waals surface area contributed by atoms with Gasteiger partial charge in [-0.05, 0) is 57.0 Å². The first-order valence-electron chi connectivity index (χ1n) is 6.37. The molecule has 96 valence electrons. The highest BCUT2D eigenvalue weighted by atomic mass is 16.5. The topological polar surface area (TPSA) is 21.3 Å². The van der Waals surface area contributed by atoms with Crippen LogP contribution in [-0.2, 0) is 5.41 Å². The third kappa shape index (κ3) is 4.39. The monoisotopic (exact) mass is 235 g/mol. The van der Waals surface area contributed by atoms with Crippen molar-refractivity contribution in [2.24, 2.45) is 0 Å². The van der Waals surface area contributed by atoms with Gasteiger partial charge in [0.2, 0.25) is 0 Å². The SMILES string of the molecule is CNCCC(C)(C)c1ccc(OC(C)C)cc1. The molecule has 0 saturated heterocycles. The van der Waals surface area contributed by atoms with Crippen LogP contribution in [0.15, 0.2) is 24.3 Å². The Kier molecular flexibility index (Phi) is 5.01. The summed E-state index contributed by atoms with van der Waals surface area (Å²) < 4.78 is 5.65. The molecule has 1 rings (SSSR count). The maximum absolute atomic E-state index is 5.65. The maximum Gasteiger partial charge on any atom is 0.119 e. The summed E-state index contributed by atoms with van der Waals surface area (Å²) in [6.07, 6.45) is 1.37. The first-order chi connectivity index (χ1) is 7.95. The van der Waals surface area contributed by atoms with Gasteiger partial charge >= 0.3 is 0 Å². The average molecular weight is 235 g/mol. The van der Waals surface area contributed by atoms with Gasteiger partial charge in [-0.1, -0.05) is 26.0 Å². The lowest BCUT2D eigenvalue weighted by Crippen LogP contribution is -2.23. The van der Waals surface area contributed by atoms with Gasteiger partial charge in [-0.25, -0.2) is 0 Å². The van der Waals surface area contributed by atoms with Crippen LogP contribution in [0.5, 0.6) is 5.75 Å². The number of hydrogen-bond acceptors (Lipinski definition) is 2. The zero-order valence-electron chi connectivity index (χ0n) is 11.7. The van der Waals surface area contributed by atoms with Crippen molar-refractivity contribution in [1.82, 2.24) is 5.32 Å². The molecular formula is C15H25NO. The fraction of sp³-hybridized carbons (Fsp3) is 0.600. The van der Waals surface area contributed by atoms with E-state index in [1.54, 1.807) is 0 Å². The minimum Gasteiger partial charge on any atom is -0.491 e. The minimum absolute atomic E-state index is 0.208. The summed E-state index contributed by atoms with van der Waals surface area (Å²) in [5.74, 6) is 0.952. The van der Waals surface area contributed by atoms with E-state index in [0.717, 1.165) is 18.7 Å². The molecule has 1 aromatic rings. The molecule has 0 aromatic heterocycles. The predicted octanol–water partition coefficient (Wildman–Crippen LogP) is 3.36. The van der Waals surface area contributed by atoms with Crippen molar-refractivity contribution in [3.05, 3.63) is 29.8 Å². The lowest BCUT2D eigenvalue weighted by Gasteiger charge is -2.25. The molecule has 0 aliphatic carbocycles. The lowest BCUT2D eigenvalue weighted by molar-refractivity contribution is 0.242. The van der Waals surface area contributed by atoms with Gasteiger partial charge in [-0.3, -0.25) is 0 Å². The van der Waals surface area contributed by atoms with E-state index in [2.05, 4.69) is 43.4 Å². The second kappa shape index (κ2) is 6.06. The molecule has 0 atom stereocenters. The molecule has 0 radical (unpaired) electrons. The number of nitrogens with one attached hydrogen (secondary N) is 1. The summed E-state index contributed by atoms with van der Waals surface area (Å²) in [5.41, 5.74) is 1.57. The van der Waals surface area contributed by atoms with E-state index in [0.29, 0.717) is 0 Å². The Morgan fingerprint density at radius 1 is 1.18 bits per heavy atom. The van der Waals surface area contributed by atoms with Crippen LogP contribution in [-0.4, -0.2) is 19.7 Å². The van der Waals surface area contributed by atoms with Gasteiger partial charge in [0.1, 0.15) is 5.75 Å². The quantitative estimate of drug-likeness (QED) is 0.816. The Morgan fingerprint density at radius 3 is 2.24 bits per heavy atom. The first kappa shape index (κ1) is 14.0. The Bertz CT molecular complexity index is 327. The summed E-state index contributed by atoms with van der Waals surface area (Å²) in [7, 11) is 2.00. The van der Waals surface area contributed by atoms with Crippen LogP contribution < -0.4 is 10.1 Å². The Balaban J connectivity index is 2.72. The van der Waals surface area contributed by atoms with Crippen LogP contribution in [0, 0.1) is 0 Å². The van der Waals surface area contributed by atoms with Crippen molar-refractivity contribution in [3.63, 3.8) is 0 Å². The fourth-order valence-electron chi connectivity index (χ4n) is 1.84. The highest BCUT2D eigenvalue weighted by molar-refractivity contribution is 5.31. The molecule has 0 bridgehead atoms. The van der Waals surface area contributed by atoms with Crippen LogP contribution >= 0.6 is 0 Å². The van der Waals surface area contributed by atoms with E-state index in [9.17, 15) is 0 Å². The molecule has 0 aliphatic heterocycles. The molecule has 17 heavy (non-hydrogen) atoms. The van der Waals surface area contributed by atoms with Gasteiger partial charge in [-0.15, -0.1) is 0 Å². The van der Waals surface area contributed by atoms with Gasteiger partial charge in [0, 0.05) is 0 Å². The normalized spacial score (nSPS) is 11.9. The van der Waals surface area contributed by atoms with E-state index in [-0.39, 0.29) is 11.5 Å². The van der Waals surface area contributed by atoms with Gasteiger partial charge in [0.15, 0.2) is 0 Å². The van der Waals surface area contributed by atoms with Crippen molar-refractivity contribution in [2.45, 2.75) is 45.6 Å². The Morgan fingerprint density at radius 2 is 1.76 bits per heavy atom. The molecule has 1 aromatic carbocycles. The molecule has 0 fully saturated rings. The number of benzene rings is 1. The zero-order valence-corrected chi connectivity index (χ0v) is 11.7. The third-order valence-electron chi connectivity index (χ3n) is 3.01. The second-order valence-electron chi connectivity index (χ2n) is 5.43. The van der Waals surface area contributed by atoms with E-state index in [4.69, 9.17) is 4.74 Å². The number of rotatable bonds is 6. The summed E-state index contributed by atoms with van der Waals surface area (Å²) in [4.78, 5) is 0. The van der Waals surface area contributed by atoms with Gasteiger partial charge < -0.3 is 10.1 Å². The van der Waals surface area contributed by atoms with Crippen molar-refractivity contribution >= 4 is 0 Å². The maximum atomic E-state index is 5.65. The molecule has 0 aliphatic rings. The van der Waals surface area contributed by atoms with Crippen LogP contribution in [0.25, 0.3) is 0 Å². The van der Waals surface area contributed by atoms with Gasteiger partial charge in [-0.2, -0.15) is 0 Å². The largest absolute Gasteiger partial charge is 0.491 e. The summed E-state index contributed by atoms with van der Waals surface area (Å²) in [6.45, 7) is 9.69. The van der Waals surface area contributed by atoms with Crippen LogP contribution in [0.2, 0.25) is 0 Å². The highest BCUT2D eigenvalue weighted by Crippen LogP contribution is 2.28. The van der Waals surface area contributed by atoms with Gasteiger partial charge in [0.25, 0.3) is 0 Å². The van der Waals surface area contributed by atoms with Crippen LogP contribution in [0.4, 0.5) is 0 Å². The van der Waals surface area contributed by atoms with Crippen LogP contribution in [0.1, 0.15) is 39.7 Å². The number of hydrogen-bond donors (Lipinski definition) is 1. The second-order valence-corrected chi connectivity index (χ2v) is 5.43. The molecule has 1 N–H and O–H groups in total. The number of ether oxygens (including phenoxy) is 1. The highest BCUT2D eigenvalue weighted by Gasteiger charge is 2.19. The fourth-order valence-corrected chi connectivity index (χ4v) is 1.84. The van der Waals surface area contributed by atoms with E-state index >= 15 is 0 Å². The van der Waals surface area contributed by atoms with E-state index < -0.39 is 0 Å². The smallest absolute Gasteiger partial charge is 0.119 e. The molecule has 0 saturated carbocycles. The standard InChI is InChI=1S/C15H25NO/c1-12(2)17-14-8-6-13(7-9-14)15(3,4)10-11-16-5/h6-9,12,16H,10-11H2,1-5H3. The molecule has 0 spiro atoms. The van der Waals surface area contributed by atoms with Crippen LogP contribution in [0.3, 0.4) is 0 Å². The molecular weight excluding hydrogens is 210 g/mol. The lowest BCUT2D eigenvalue weighted by atomic mass is 9.81. The molecule has 0 unspecified atom stereocenters. The molecule has 0 amide bonds. The van der Waals surface area contributed by atoms with Crippen molar-refractivity contribution < 1.29 is 4.74 Å². The van der Waals surface area contributed by atoms with Crippen molar-refractivity contribution in [1.29, 1.82) is 0 Å². The van der Waals surface area contributed by atoms with Crippen molar-refractivity contribution in [2.75, 3.05) is 13.6 Å². The van der Waals surface area contributed by atoms with E-state index in [1.165, 1.54) is 5.56 Å².